The first-order valence-corrected chi connectivity index (χ1v) is 10.1. The average Bonchev–Trinajstić information content (AvgIpc) is 2.78. The molecule has 1 heterocycles. The Kier molecular flexibility index (Phi) is 7.52. The first-order valence-electron chi connectivity index (χ1n) is 10.1. The lowest BCUT2D eigenvalue weighted by Crippen LogP contribution is -2.38. The Hall–Kier alpha value is -2.80. The van der Waals surface area contributed by atoms with Crippen molar-refractivity contribution in [1.29, 1.82) is 0 Å². The van der Waals surface area contributed by atoms with E-state index in [4.69, 9.17) is 14.2 Å². The lowest BCUT2D eigenvalue weighted by Gasteiger charge is -2.32. The highest BCUT2D eigenvalue weighted by Gasteiger charge is 2.23. The third kappa shape index (κ3) is 5.02. The zero-order valence-electron chi connectivity index (χ0n) is 17.7. The quantitative estimate of drug-likeness (QED) is 0.714. The summed E-state index contributed by atoms with van der Waals surface area (Å²) >= 11 is 0. The summed E-state index contributed by atoms with van der Waals surface area (Å²) in [5.74, 6) is 1.28. The van der Waals surface area contributed by atoms with Gasteiger partial charge in [-0.15, -0.1) is 0 Å². The number of nitrogens with zero attached hydrogens (tertiary/aromatic N) is 1. The van der Waals surface area contributed by atoms with Gasteiger partial charge in [-0.2, -0.15) is 0 Å². The van der Waals surface area contributed by atoms with E-state index in [0.29, 0.717) is 41.8 Å². The molecule has 1 amide bonds. The summed E-state index contributed by atoms with van der Waals surface area (Å²) in [7, 11) is 4.55. The van der Waals surface area contributed by atoms with Gasteiger partial charge < -0.3 is 19.5 Å². The van der Waals surface area contributed by atoms with Gasteiger partial charge in [-0.1, -0.05) is 18.2 Å². The van der Waals surface area contributed by atoms with Crippen LogP contribution in [0.25, 0.3) is 0 Å². The van der Waals surface area contributed by atoms with Crippen molar-refractivity contribution in [2.75, 3.05) is 41.0 Å². The van der Waals surface area contributed by atoms with Crippen LogP contribution in [-0.2, 0) is 6.54 Å². The van der Waals surface area contributed by atoms with Crippen molar-refractivity contribution in [1.82, 2.24) is 10.2 Å². The fourth-order valence-corrected chi connectivity index (χ4v) is 3.83. The number of ether oxygens (including phenoxy) is 3. The molecule has 1 aliphatic rings. The fraction of sp³-hybridized carbons (Fsp3) is 0.435. The minimum Gasteiger partial charge on any atom is -0.493 e. The summed E-state index contributed by atoms with van der Waals surface area (Å²) in [4.78, 5) is 15.0. The van der Waals surface area contributed by atoms with Gasteiger partial charge >= 0.3 is 0 Å². The molecule has 1 aliphatic heterocycles. The summed E-state index contributed by atoms with van der Waals surface area (Å²) in [6, 6.07) is 10.3. The predicted octanol–water partition coefficient (Wildman–Crippen LogP) is 3.49. The molecule has 2 aromatic rings. The largest absolute Gasteiger partial charge is 0.493 e. The molecule has 0 saturated carbocycles. The highest BCUT2D eigenvalue weighted by molar-refractivity contribution is 5.98. The number of nitrogens with one attached hydrogen (secondary N) is 1. The van der Waals surface area contributed by atoms with Crippen molar-refractivity contribution in [2.45, 2.75) is 19.4 Å². The Morgan fingerprint density at radius 2 is 1.73 bits per heavy atom. The minimum absolute atomic E-state index is 0.157. The molecule has 1 fully saturated rings. The molecule has 0 aromatic heterocycles. The van der Waals surface area contributed by atoms with Crippen molar-refractivity contribution in [3.05, 3.63) is 53.3 Å². The number of amides is 1. The van der Waals surface area contributed by atoms with Gasteiger partial charge in [-0.3, -0.25) is 9.69 Å². The first-order chi connectivity index (χ1) is 14.6. The molecule has 0 spiro atoms. The van der Waals surface area contributed by atoms with Crippen molar-refractivity contribution < 1.29 is 23.4 Å². The van der Waals surface area contributed by atoms with Crippen LogP contribution in [0.1, 0.15) is 28.8 Å². The topological polar surface area (TPSA) is 60.0 Å². The van der Waals surface area contributed by atoms with E-state index in [9.17, 15) is 9.18 Å². The van der Waals surface area contributed by atoms with Crippen molar-refractivity contribution in [3.63, 3.8) is 0 Å². The number of methoxy groups -OCH3 is 3. The second-order valence-corrected chi connectivity index (χ2v) is 7.40. The molecule has 0 atom stereocenters. The number of hydrogen-bond donors (Lipinski definition) is 1. The first kappa shape index (κ1) is 21.9. The zero-order valence-corrected chi connectivity index (χ0v) is 17.7. The fourth-order valence-electron chi connectivity index (χ4n) is 3.83. The molecule has 6 nitrogen and oxygen atoms in total. The van der Waals surface area contributed by atoms with Gasteiger partial charge in [0.1, 0.15) is 5.82 Å². The van der Waals surface area contributed by atoms with E-state index >= 15 is 0 Å². The highest BCUT2D eigenvalue weighted by Crippen LogP contribution is 2.39. The molecular formula is C23H29FN2O4. The molecule has 30 heavy (non-hydrogen) atoms. The summed E-state index contributed by atoms with van der Waals surface area (Å²) in [6.07, 6.45) is 1.91. The standard InChI is InChI=1S/C23H29FN2O4/c1-28-20-9-8-18(21(29-2)22(20)30-3)23(27)25-14-16-10-12-26(13-11-16)15-17-6-4-5-7-19(17)24/h4-9,16H,10-15H2,1-3H3,(H,25,27). The minimum atomic E-state index is -0.207. The molecule has 2 aromatic carbocycles. The number of likely N-dealkylation sites (tertiary alicyclic amines) is 1. The number of carbonyl (C=O) groups excluding carboxylic acids is 1. The number of piperidine rings is 1. The number of rotatable bonds is 8. The van der Waals surface area contributed by atoms with E-state index in [1.807, 2.05) is 12.1 Å². The molecular weight excluding hydrogens is 387 g/mol. The van der Waals surface area contributed by atoms with Crippen LogP contribution in [0.2, 0.25) is 0 Å². The van der Waals surface area contributed by atoms with E-state index in [-0.39, 0.29) is 11.7 Å². The lowest BCUT2D eigenvalue weighted by atomic mass is 9.96. The van der Waals surface area contributed by atoms with Crippen LogP contribution in [0.5, 0.6) is 17.2 Å². The molecule has 7 heteroatoms. The highest BCUT2D eigenvalue weighted by atomic mass is 19.1. The molecule has 0 unspecified atom stereocenters. The summed E-state index contributed by atoms with van der Waals surface area (Å²) in [5.41, 5.74) is 1.14. The third-order valence-electron chi connectivity index (χ3n) is 5.56. The third-order valence-corrected chi connectivity index (χ3v) is 5.56. The Morgan fingerprint density at radius 3 is 2.37 bits per heavy atom. The monoisotopic (exact) mass is 416 g/mol. The summed E-state index contributed by atoms with van der Waals surface area (Å²) in [5, 5.41) is 3.01. The maximum Gasteiger partial charge on any atom is 0.255 e. The normalized spacial score (nSPS) is 14.9. The SMILES string of the molecule is COc1ccc(C(=O)NCC2CCN(Cc3ccccc3F)CC2)c(OC)c1OC. The zero-order chi connectivity index (χ0) is 21.5. The van der Waals surface area contributed by atoms with Crippen LogP contribution in [0.4, 0.5) is 4.39 Å². The maximum atomic E-state index is 13.9. The summed E-state index contributed by atoms with van der Waals surface area (Å²) in [6.45, 7) is 2.97. The van der Waals surface area contributed by atoms with Crippen LogP contribution in [-0.4, -0.2) is 51.8 Å². The summed E-state index contributed by atoms with van der Waals surface area (Å²) < 4.78 is 29.9. The van der Waals surface area contributed by atoms with Crippen LogP contribution in [0.3, 0.4) is 0 Å². The molecule has 1 N–H and O–H groups in total. The van der Waals surface area contributed by atoms with Gasteiger partial charge in [0.25, 0.3) is 5.91 Å². The number of benzene rings is 2. The number of halogens is 1. The lowest BCUT2D eigenvalue weighted by molar-refractivity contribution is 0.0931. The molecule has 3 rings (SSSR count). The molecule has 0 aliphatic carbocycles. The second-order valence-electron chi connectivity index (χ2n) is 7.40. The number of hydrogen-bond acceptors (Lipinski definition) is 5. The van der Waals surface area contributed by atoms with Crippen LogP contribution >= 0.6 is 0 Å². The van der Waals surface area contributed by atoms with E-state index in [1.54, 1.807) is 18.2 Å². The smallest absolute Gasteiger partial charge is 0.255 e. The maximum absolute atomic E-state index is 13.9. The molecule has 0 radical (unpaired) electrons. The van der Waals surface area contributed by atoms with Crippen LogP contribution in [0, 0.1) is 11.7 Å². The average molecular weight is 416 g/mol. The Morgan fingerprint density at radius 1 is 1.03 bits per heavy atom. The Labute approximate surface area is 176 Å². The van der Waals surface area contributed by atoms with E-state index in [1.165, 1.54) is 27.4 Å². The van der Waals surface area contributed by atoms with Gasteiger partial charge in [0, 0.05) is 18.7 Å². The molecule has 1 saturated heterocycles. The van der Waals surface area contributed by atoms with Gasteiger partial charge in [0.05, 0.1) is 26.9 Å². The van der Waals surface area contributed by atoms with Gasteiger partial charge in [0.2, 0.25) is 5.75 Å². The molecule has 0 bridgehead atoms. The van der Waals surface area contributed by atoms with Crippen molar-refractivity contribution in [3.8, 4) is 17.2 Å². The van der Waals surface area contributed by atoms with Crippen molar-refractivity contribution >= 4 is 5.91 Å². The Bertz CT molecular complexity index is 866. The number of carbonyl (C=O) groups is 1. The second kappa shape index (κ2) is 10.3. The van der Waals surface area contributed by atoms with Gasteiger partial charge in [-0.05, 0) is 50.0 Å². The Balaban J connectivity index is 1.53. The van der Waals surface area contributed by atoms with Crippen LogP contribution in [0.15, 0.2) is 36.4 Å². The predicted molar refractivity (Wildman–Crippen MR) is 113 cm³/mol. The van der Waals surface area contributed by atoms with Crippen molar-refractivity contribution in [2.24, 2.45) is 5.92 Å². The van der Waals surface area contributed by atoms with E-state index in [0.717, 1.165) is 31.5 Å². The van der Waals surface area contributed by atoms with E-state index < -0.39 is 0 Å². The van der Waals surface area contributed by atoms with Gasteiger partial charge in [-0.25, -0.2) is 4.39 Å². The molecule has 162 valence electrons. The van der Waals surface area contributed by atoms with Gasteiger partial charge in [0.15, 0.2) is 11.5 Å². The van der Waals surface area contributed by atoms with E-state index in [2.05, 4.69) is 10.2 Å². The van der Waals surface area contributed by atoms with Crippen LogP contribution < -0.4 is 19.5 Å².